The van der Waals surface area contributed by atoms with E-state index in [1.165, 1.54) is 57.8 Å². The zero-order chi connectivity index (χ0) is 13.9. The van der Waals surface area contributed by atoms with Crippen molar-refractivity contribution in [3.8, 4) is 0 Å². The summed E-state index contributed by atoms with van der Waals surface area (Å²) in [6.45, 7) is 10.3. The third kappa shape index (κ3) is 3.54. The lowest BCUT2D eigenvalue weighted by atomic mass is 9.83. The molecule has 2 aliphatic rings. The largest absolute Gasteiger partial charge is 0.374 e. The predicted octanol–water partition coefficient (Wildman–Crippen LogP) is 5.58. The summed E-state index contributed by atoms with van der Waals surface area (Å²) in [7, 11) is 0. The molecule has 2 bridgehead atoms. The maximum Gasteiger partial charge on any atom is 0.0710 e. The van der Waals surface area contributed by atoms with Crippen LogP contribution in [0.15, 0.2) is 0 Å². The van der Waals surface area contributed by atoms with Gasteiger partial charge in [-0.2, -0.15) is 0 Å². The van der Waals surface area contributed by atoms with E-state index in [0.29, 0.717) is 5.41 Å². The number of ether oxygens (including phenoxy) is 1. The van der Waals surface area contributed by atoms with Gasteiger partial charge in [-0.15, -0.1) is 0 Å². The smallest absolute Gasteiger partial charge is 0.0710 e. The molecular weight excluding hydrogens is 232 g/mol. The first-order valence-corrected chi connectivity index (χ1v) is 8.65. The van der Waals surface area contributed by atoms with Crippen LogP contribution in [-0.4, -0.2) is 12.2 Å². The van der Waals surface area contributed by atoms with E-state index in [0.717, 1.165) is 18.4 Å². The third-order valence-corrected chi connectivity index (χ3v) is 5.97. The van der Waals surface area contributed by atoms with Gasteiger partial charge in [0.25, 0.3) is 0 Å². The average molecular weight is 266 g/mol. The first-order chi connectivity index (χ1) is 9.01. The van der Waals surface area contributed by atoms with E-state index in [1.54, 1.807) is 0 Å². The van der Waals surface area contributed by atoms with Gasteiger partial charge in [-0.3, -0.25) is 0 Å². The van der Waals surface area contributed by atoms with Gasteiger partial charge in [0, 0.05) is 0 Å². The van der Waals surface area contributed by atoms with Gasteiger partial charge in [-0.05, 0) is 49.4 Å². The predicted molar refractivity (Wildman–Crippen MR) is 82.3 cm³/mol. The molecule has 2 rings (SSSR count). The normalized spacial score (nSPS) is 36.0. The van der Waals surface area contributed by atoms with Crippen molar-refractivity contribution in [3.63, 3.8) is 0 Å². The lowest BCUT2D eigenvalue weighted by Gasteiger charge is -2.38. The van der Waals surface area contributed by atoms with Gasteiger partial charge >= 0.3 is 0 Å². The molecule has 2 aliphatic carbocycles. The minimum absolute atomic E-state index is 0.224. The monoisotopic (exact) mass is 266 g/mol. The average Bonchev–Trinajstić information content (AvgIpc) is 2.75. The Kier molecular flexibility index (Phi) is 4.98. The summed E-state index contributed by atoms with van der Waals surface area (Å²) < 4.78 is 6.62. The zero-order valence-corrected chi connectivity index (χ0v) is 13.6. The summed E-state index contributed by atoms with van der Waals surface area (Å²) in [4.78, 5) is 0. The summed E-state index contributed by atoms with van der Waals surface area (Å²) in [5, 5.41) is 0. The molecule has 0 aromatic carbocycles. The van der Waals surface area contributed by atoms with Gasteiger partial charge in [0.2, 0.25) is 0 Å². The Morgan fingerprint density at radius 2 is 1.84 bits per heavy atom. The van der Waals surface area contributed by atoms with E-state index in [9.17, 15) is 0 Å². The van der Waals surface area contributed by atoms with Gasteiger partial charge in [0.1, 0.15) is 0 Å². The second-order valence-corrected chi connectivity index (χ2v) is 7.87. The fourth-order valence-electron chi connectivity index (χ4n) is 4.11. The molecule has 19 heavy (non-hydrogen) atoms. The summed E-state index contributed by atoms with van der Waals surface area (Å²) in [6.07, 6.45) is 12.4. The topological polar surface area (TPSA) is 9.23 Å². The van der Waals surface area contributed by atoms with Crippen molar-refractivity contribution in [2.24, 2.45) is 17.3 Å². The fraction of sp³-hybridized carbons (Fsp3) is 1.00. The number of rotatable bonds is 5. The van der Waals surface area contributed by atoms with Crippen molar-refractivity contribution in [1.82, 2.24) is 0 Å². The fourth-order valence-corrected chi connectivity index (χ4v) is 4.11. The van der Waals surface area contributed by atoms with Crippen LogP contribution < -0.4 is 0 Å². The highest BCUT2D eigenvalue weighted by molar-refractivity contribution is 4.98. The highest BCUT2D eigenvalue weighted by atomic mass is 16.5. The van der Waals surface area contributed by atoms with Crippen molar-refractivity contribution in [3.05, 3.63) is 0 Å². The molecule has 0 saturated heterocycles. The molecule has 0 spiro atoms. The highest BCUT2D eigenvalue weighted by Crippen LogP contribution is 2.50. The Hall–Kier alpha value is -0.0400. The zero-order valence-electron chi connectivity index (χ0n) is 13.6. The van der Waals surface area contributed by atoms with Gasteiger partial charge in [-0.1, -0.05) is 53.4 Å². The van der Waals surface area contributed by atoms with Crippen LogP contribution in [0.3, 0.4) is 0 Å². The van der Waals surface area contributed by atoms with Crippen molar-refractivity contribution in [2.75, 3.05) is 6.61 Å². The van der Waals surface area contributed by atoms with Crippen LogP contribution in [0.4, 0.5) is 0 Å². The van der Waals surface area contributed by atoms with Crippen molar-refractivity contribution >= 4 is 0 Å². The minimum Gasteiger partial charge on any atom is -0.374 e. The van der Waals surface area contributed by atoms with E-state index in [-0.39, 0.29) is 5.60 Å². The molecule has 2 fully saturated rings. The lowest BCUT2D eigenvalue weighted by molar-refractivity contribution is -0.105. The van der Waals surface area contributed by atoms with Gasteiger partial charge in [-0.25, -0.2) is 0 Å². The standard InChI is InChI=1S/C18H34O/c1-5-17(3,4)14-19-18(6-2)13-15-10-8-7-9-11-16(18)12-15/h15-16H,5-14H2,1-4H3. The molecule has 0 N–H and O–H groups in total. The number of hydrogen-bond acceptors (Lipinski definition) is 1. The Labute approximate surface area is 120 Å². The van der Waals surface area contributed by atoms with Crippen LogP contribution in [0.5, 0.6) is 0 Å². The molecule has 0 radical (unpaired) electrons. The Bertz CT molecular complexity index is 283. The van der Waals surface area contributed by atoms with Gasteiger partial charge in [0.05, 0.1) is 12.2 Å². The van der Waals surface area contributed by atoms with Crippen molar-refractivity contribution < 1.29 is 4.74 Å². The second-order valence-electron chi connectivity index (χ2n) is 7.87. The maximum absolute atomic E-state index is 6.62. The molecule has 0 aromatic heterocycles. The van der Waals surface area contributed by atoms with Crippen LogP contribution in [0.25, 0.3) is 0 Å². The first kappa shape index (κ1) is 15.4. The van der Waals surface area contributed by atoms with E-state index in [4.69, 9.17) is 4.74 Å². The minimum atomic E-state index is 0.224. The summed E-state index contributed by atoms with van der Waals surface area (Å²) in [6, 6.07) is 0. The molecule has 1 heteroatoms. The van der Waals surface area contributed by atoms with Crippen molar-refractivity contribution in [2.45, 2.75) is 91.1 Å². The van der Waals surface area contributed by atoms with E-state index < -0.39 is 0 Å². The molecule has 0 amide bonds. The Morgan fingerprint density at radius 3 is 2.53 bits per heavy atom. The lowest BCUT2D eigenvalue weighted by Crippen LogP contribution is -2.39. The van der Waals surface area contributed by atoms with Gasteiger partial charge in [0.15, 0.2) is 0 Å². The molecular formula is C18H34O. The molecule has 3 unspecified atom stereocenters. The van der Waals surface area contributed by atoms with E-state index in [2.05, 4.69) is 27.7 Å². The van der Waals surface area contributed by atoms with Crippen LogP contribution in [0.1, 0.15) is 85.5 Å². The maximum atomic E-state index is 6.62. The molecule has 2 saturated carbocycles. The number of hydrogen-bond donors (Lipinski definition) is 0. The third-order valence-electron chi connectivity index (χ3n) is 5.97. The molecule has 3 atom stereocenters. The molecule has 112 valence electrons. The highest BCUT2D eigenvalue weighted by Gasteiger charge is 2.47. The Balaban J connectivity index is 2.04. The van der Waals surface area contributed by atoms with E-state index in [1.807, 2.05) is 0 Å². The van der Waals surface area contributed by atoms with E-state index >= 15 is 0 Å². The Morgan fingerprint density at radius 1 is 1.11 bits per heavy atom. The molecule has 0 aliphatic heterocycles. The molecule has 0 heterocycles. The van der Waals surface area contributed by atoms with Crippen LogP contribution in [-0.2, 0) is 4.74 Å². The van der Waals surface area contributed by atoms with Crippen molar-refractivity contribution in [1.29, 1.82) is 0 Å². The van der Waals surface area contributed by atoms with Gasteiger partial charge < -0.3 is 4.74 Å². The summed E-state index contributed by atoms with van der Waals surface area (Å²) in [5.41, 5.74) is 0.562. The second kappa shape index (κ2) is 6.16. The quantitative estimate of drug-likeness (QED) is 0.631. The first-order valence-electron chi connectivity index (χ1n) is 8.65. The number of fused-ring (bicyclic) bond motifs is 2. The van der Waals surface area contributed by atoms with Crippen LogP contribution >= 0.6 is 0 Å². The summed E-state index contributed by atoms with van der Waals surface area (Å²) >= 11 is 0. The molecule has 0 aromatic rings. The van der Waals surface area contributed by atoms with Crippen LogP contribution in [0, 0.1) is 17.3 Å². The van der Waals surface area contributed by atoms with Crippen LogP contribution in [0.2, 0.25) is 0 Å². The summed E-state index contributed by atoms with van der Waals surface area (Å²) in [5.74, 6) is 1.80. The molecule has 1 nitrogen and oxygen atoms in total. The SMILES string of the molecule is CCC(C)(C)COC1(CC)CC2CCCCCC1C2.